The third-order valence-electron chi connectivity index (χ3n) is 3.29. The maximum absolute atomic E-state index is 11.8. The molecule has 0 saturated carbocycles. The number of benzene rings is 1. The van der Waals surface area contributed by atoms with E-state index in [1.165, 1.54) is 0 Å². The summed E-state index contributed by atoms with van der Waals surface area (Å²) in [6, 6.07) is 9.41. The van der Waals surface area contributed by atoms with E-state index in [-0.39, 0.29) is 24.3 Å². The molecular weight excluding hydrogens is 240 g/mol. The molecule has 1 amide bonds. The van der Waals surface area contributed by atoms with Crippen LogP contribution in [0.15, 0.2) is 30.3 Å². The Hall–Kier alpha value is -1.39. The van der Waals surface area contributed by atoms with E-state index < -0.39 is 6.04 Å². The van der Waals surface area contributed by atoms with Gasteiger partial charge in [0, 0.05) is 19.1 Å². The molecule has 1 rings (SSSR count). The van der Waals surface area contributed by atoms with Gasteiger partial charge in [0.2, 0.25) is 5.91 Å². The van der Waals surface area contributed by atoms with Gasteiger partial charge in [0.15, 0.2) is 0 Å². The summed E-state index contributed by atoms with van der Waals surface area (Å²) in [7, 11) is 0. The van der Waals surface area contributed by atoms with Crippen LogP contribution < -0.4 is 11.1 Å². The van der Waals surface area contributed by atoms with Crippen molar-refractivity contribution in [3.63, 3.8) is 0 Å². The summed E-state index contributed by atoms with van der Waals surface area (Å²) in [5.74, 6) is 0.108. The van der Waals surface area contributed by atoms with Crippen molar-refractivity contribution in [3.8, 4) is 0 Å². The average Bonchev–Trinajstić information content (AvgIpc) is 2.43. The highest BCUT2D eigenvalue weighted by Crippen LogP contribution is 2.18. The van der Waals surface area contributed by atoms with Crippen LogP contribution in [0, 0.1) is 5.92 Å². The first-order chi connectivity index (χ1) is 9.06. The molecule has 0 aliphatic heterocycles. The number of amides is 1. The lowest BCUT2D eigenvalue weighted by Crippen LogP contribution is -2.45. The molecule has 0 aliphatic rings. The second-order valence-electron chi connectivity index (χ2n) is 5.13. The van der Waals surface area contributed by atoms with E-state index in [1.54, 1.807) is 0 Å². The van der Waals surface area contributed by atoms with Gasteiger partial charge in [-0.15, -0.1) is 0 Å². The molecule has 0 fully saturated rings. The van der Waals surface area contributed by atoms with Gasteiger partial charge in [-0.05, 0) is 17.9 Å². The summed E-state index contributed by atoms with van der Waals surface area (Å²) in [5, 5.41) is 12.0. The monoisotopic (exact) mass is 264 g/mol. The third-order valence-corrected chi connectivity index (χ3v) is 3.29. The molecule has 1 aromatic carbocycles. The topological polar surface area (TPSA) is 75.4 Å². The quantitative estimate of drug-likeness (QED) is 0.694. The van der Waals surface area contributed by atoms with Gasteiger partial charge in [0.25, 0.3) is 0 Å². The second kappa shape index (κ2) is 7.92. The molecular formula is C15H24N2O2. The lowest BCUT2D eigenvalue weighted by atomic mass is 9.95. The smallest absolute Gasteiger partial charge is 0.237 e. The average molecular weight is 264 g/mol. The minimum Gasteiger partial charge on any atom is -0.396 e. The largest absolute Gasteiger partial charge is 0.396 e. The Morgan fingerprint density at radius 2 is 1.95 bits per heavy atom. The van der Waals surface area contributed by atoms with Gasteiger partial charge in [-0.3, -0.25) is 4.79 Å². The second-order valence-corrected chi connectivity index (χ2v) is 5.13. The normalized spacial score (nSPS) is 14.2. The van der Waals surface area contributed by atoms with Crippen molar-refractivity contribution in [2.45, 2.75) is 32.2 Å². The zero-order valence-corrected chi connectivity index (χ0v) is 11.7. The van der Waals surface area contributed by atoms with Gasteiger partial charge >= 0.3 is 0 Å². The lowest BCUT2D eigenvalue weighted by Gasteiger charge is -2.20. The summed E-state index contributed by atoms with van der Waals surface area (Å²) in [5.41, 5.74) is 6.92. The predicted octanol–water partition coefficient (Wildman–Crippen LogP) is 1.25. The fraction of sp³-hybridized carbons (Fsp3) is 0.533. The first-order valence-electron chi connectivity index (χ1n) is 6.75. The third kappa shape index (κ3) is 5.01. The van der Waals surface area contributed by atoms with Crippen molar-refractivity contribution >= 4 is 5.91 Å². The molecule has 0 aromatic heterocycles. The molecule has 2 atom stereocenters. The number of hydrogen-bond donors (Lipinski definition) is 3. The number of carbonyl (C=O) groups excluding carboxylic acids is 1. The fourth-order valence-electron chi connectivity index (χ4n) is 1.91. The number of hydrogen-bond acceptors (Lipinski definition) is 3. The Morgan fingerprint density at radius 3 is 2.47 bits per heavy atom. The van der Waals surface area contributed by atoms with Crippen LogP contribution in [0.1, 0.15) is 31.7 Å². The molecule has 4 heteroatoms. The summed E-state index contributed by atoms with van der Waals surface area (Å²) in [6.07, 6.45) is 0.626. The van der Waals surface area contributed by atoms with Gasteiger partial charge in [0.1, 0.15) is 0 Å². The van der Waals surface area contributed by atoms with Gasteiger partial charge in [-0.2, -0.15) is 0 Å². The van der Waals surface area contributed by atoms with Crippen LogP contribution in [0.4, 0.5) is 0 Å². The van der Waals surface area contributed by atoms with E-state index in [4.69, 9.17) is 10.8 Å². The Bertz CT molecular complexity index is 379. The predicted molar refractivity (Wildman–Crippen MR) is 76.7 cm³/mol. The zero-order valence-electron chi connectivity index (χ0n) is 11.7. The number of nitrogens with two attached hydrogens (primary N) is 1. The number of aliphatic hydroxyl groups is 1. The SMILES string of the molecule is CC(C)[C@H](N)C(=O)NCC(CCO)c1ccccc1. The standard InChI is InChI=1S/C15H24N2O2/c1-11(2)14(16)15(19)17-10-13(8-9-18)12-6-4-3-5-7-12/h3-7,11,13-14,18H,8-10,16H2,1-2H3,(H,17,19)/t13?,14-/m0/s1. The number of aliphatic hydroxyl groups excluding tert-OH is 1. The van der Waals surface area contributed by atoms with Crippen molar-refractivity contribution in [1.29, 1.82) is 0 Å². The minimum absolute atomic E-state index is 0.103. The van der Waals surface area contributed by atoms with Gasteiger partial charge in [0.05, 0.1) is 6.04 Å². The molecule has 106 valence electrons. The van der Waals surface area contributed by atoms with E-state index in [1.807, 2.05) is 44.2 Å². The molecule has 1 unspecified atom stereocenters. The molecule has 0 bridgehead atoms. The highest BCUT2D eigenvalue weighted by molar-refractivity contribution is 5.81. The van der Waals surface area contributed by atoms with Crippen LogP contribution in [0.5, 0.6) is 0 Å². The van der Waals surface area contributed by atoms with Gasteiger partial charge < -0.3 is 16.2 Å². The van der Waals surface area contributed by atoms with Crippen molar-refractivity contribution in [2.24, 2.45) is 11.7 Å². The molecule has 4 nitrogen and oxygen atoms in total. The van der Waals surface area contributed by atoms with E-state index >= 15 is 0 Å². The number of nitrogens with one attached hydrogen (secondary N) is 1. The Balaban J connectivity index is 2.58. The van der Waals surface area contributed by atoms with Crippen LogP contribution in [-0.2, 0) is 4.79 Å². The van der Waals surface area contributed by atoms with E-state index in [0.717, 1.165) is 5.56 Å². The van der Waals surface area contributed by atoms with E-state index in [9.17, 15) is 4.79 Å². The van der Waals surface area contributed by atoms with E-state index in [0.29, 0.717) is 13.0 Å². The Kier molecular flexibility index (Phi) is 6.53. The molecule has 19 heavy (non-hydrogen) atoms. The van der Waals surface area contributed by atoms with Crippen LogP contribution in [0.2, 0.25) is 0 Å². The van der Waals surface area contributed by atoms with E-state index in [2.05, 4.69) is 5.32 Å². The lowest BCUT2D eigenvalue weighted by molar-refractivity contribution is -0.123. The molecule has 0 spiro atoms. The summed E-state index contributed by atoms with van der Waals surface area (Å²) in [4.78, 5) is 11.8. The molecule has 0 saturated heterocycles. The van der Waals surface area contributed by atoms with Crippen LogP contribution in [0.25, 0.3) is 0 Å². The van der Waals surface area contributed by atoms with Gasteiger partial charge in [-0.1, -0.05) is 44.2 Å². The molecule has 0 radical (unpaired) electrons. The van der Waals surface area contributed by atoms with Crippen molar-refractivity contribution in [2.75, 3.05) is 13.2 Å². The molecule has 0 aliphatic carbocycles. The highest BCUT2D eigenvalue weighted by Gasteiger charge is 2.18. The maximum Gasteiger partial charge on any atom is 0.237 e. The summed E-state index contributed by atoms with van der Waals surface area (Å²) < 4.78 is 0. The minimum atomic E-state index is -0.481. The summed E-state index contributed by atoms with van der Waals surface area (Å²) in [6.45, 7) is 4.45. The van der Waals surface area contributed by atoms with Crippen molar-refractivity contribution < 1.29 is 9.90 Å². The first-order valence-corrected chi connectivity index (χ1v) is 6.75. The van der Waals surface area contributed by atoms with Crippen LogP contribution in [-0.4, -0.2) is 30.2 Å². The van der Waals surface area contributed by atoms with Crippen molar-refractivity contribution in [3.05, 3.63) is 35.9 Å². The zero-order chi connectivity index (χ0) is 14.3. The summed E-state index contributed by atoms with van der Waals surface area (Å²) >= 11 is 0. The molecule has 4 N–H and O–H groups in total. The van der Waals surface area contributed by atoms with Gasteiger partial charge in [-0.25, -0.2) is 0 Å². The van der Waals surface area contributed by atoms with Crippen molar-refractivity contribution in [1.82, 2.24) is 5.32 Å². The highest BCUT2D eigenvalue weighted by atomic mass is 16.3. The first kappa shape index (κ1) is 15.7. The maximum atomic E-state index is 11.8. The fourth-order valence-corrected chi connectivity index (χ4v) is 1.91. The van der Waals surface area contributed by atoms with Crippen LogP contribution >= 0.6 is 0 Å². The Morgan fingerprint density at radius 1 is 1.32 bits per heavy atom. The number of rotatable bonds is 7. The van der Waals surface area contributed by atoms with Crippen LogP contribution in [0.3, 0.4) is 0 Å². The number of carbonyl (C=O) groups is 1. The Labute approximate surface area is 115 Å². The molecule has 1 aromatic rings. The molecule has 0 heterocycles.